The molecule has 4 heterocycles. The van der Waals surface area contributed by atoms with E-state index in [0.29, 0.717) is 60.5 Å². The smallest absolute Gasteiger partial charge is 0.245 e. The van der Waals surface area contributed by atoms with Crippen LogP contribution >= 0.6 is 0 Å². The molecule has 13 nitrogen and oxygen atoms in total. The van der Waals surface area contributed by atoms with Gasteiger partial charge in [0, 0.05) is 48.7 Å². The van der Waals surface area contributed by atoms with E-state index < -0.39 is 35.8 Å². The van der Waals surface area contributed by atoms with Gasteiger partial charge in [0.1, 0.15) is 23.7 Å². The minimum absolute atomic E-state index is 0.147. The maximum atomic E-state index is 14.8. The summed E-state index contributed by atoms with van der Waals surface area (Å²) in [6.07, 6.45) is 3.41. The van der Waals surface area contributed by atoms with Crippen molar-refractivity contribution in [1.29, 1.82) is 0 Å². The van der Waals surface area contributed by atoms with Gasteiger partial charge in [-0.2, -0.15) is 0 Å². The molecular weight excluding hydrogens is 745 g/mol. The first-order valence-electron chi connectivity index (χ1n) is 20.7. The Balaban J connectivity index is 1.38. The number of likely N-dealkylation sites (tertiary alicyclic amines) is 2. The van der Waals surface area contributed by atoms with Crippen LogP contribution in [0.5, 0.6) is 0 Å². The zero-order valence-corrected chi connectivity index (χ0v) is 34.9. The molecular formula is C43H59F2N9O4. The number of nitrogens with zero attached hydrogens (tertiary/aromatic N) is 4. The Morgan fingerprint density at radius 2 is 1.31 bits per heavy atom. The van der Waals surface area contributed by atoms with Crippen molar-refractivity contribution < 1.29 is 28.0 Å². The van der Waals surface area contributed by atoms with E-state index >= 15 is 0 Å². The molecule has 0 bridgehead atoms. The molecule has 314 valence electrons. The van der Waals surface area contributed by atoms with Gasteiger partial charge in [-0.3, -0.25) is 19.2 Å². The van der Waals surface area contributed by atoms with Gasteiger partial charge in [-0.1, -0.05) is 27.7 Å². The van der Waals surface area contributed by atoms with Crippen molar-refractivity contribution in [2.45, 2.75) is 116 Å². The summed E-state index contributed by atoms with van der Waals surface area (Å²) in [5.41, 5.74) is 3.12. The number of rotatable bonds is 15. The summed E-state index contributed by atoms with van der Waals surface area (Å²) in [5, 5.41) is 12.6. The molecule has 2 aromatic heterocycles. The maximum absolute atomic E-state index is 14.8. The number of H-pyrrole nitrogens is 1. The Bertz CT molecular complexity index is 2000. The molecule has 2 aromatic carbocycles. The zero-order chi connectivity index (χ0) is 42.0. The first kappa shape index (κ1) is 42.7. The standard InChI is InChI=1S/C43H59F2N9O4/c1-23(2)36(50-40(55)25(5)46-7)42(57)52-17-9-11-29(52)21-32-31-15-13-27(44)19-33(31)48-38(32)39-49-34-20-28(45)14-16-35(34)54(39)22-30-12-10-18-53(30)43(58)37(24(3)4)51-41(56)26(6)47-8/h13-16,19-20,23-26,29-30,36-37,46-48H,9-12,17-18,21-22H2,1-8H3,(H,50,55)(H,51,56). The summed E-state index contributed by atoms with van der Waals surface area (Å²) in [6, 6.07) is 6.19. The molecule has 2 saturated heterocycles. The molecule has 15 heteroatoms. The van der Waals surface area contributed by atoms with Crippen molar-refractivity contribution in [3.05, 3.63) is 53.6 Å². The Morgan fingerprint density at radius 1 is 0.776 bits per heavy atom. The molecule has 5 N–H and O–H groups in total. The molecule has 0 spiro atoms. The highest BCUT2D eigenvalue weighted by molar-refractivity contribution is 5.93. The summed E-state index contributed by atoms with van der Waals surface area (Å²) in [6.45, 7) is 12.5. The van der Waals surface area contributed by atoms with E-state index in [4.69, 9.17) is 4.98 Å². The van der Waals surface area contributed by atoms with E-state index in [0.717, 1.165) is 30.2 Å². The van der Waals surface area contributed by atoms with Crippen molar-refractivity contribution in [3.63, 3.8) is 0 Å². The minimum atomic E-state index is -0.723. The number of carbonyl (C=O) groups excluding carboxylic acids is 4. The second-order valence-corrected chi connectivity index (χ2v) is 16.7. The van der Waals surface area contributed by atoms with E-state index in [9.17, 15) is 28.0 Å². The van der Waals surface area contributed by atoms with E-state index in [2.05, 4.69) is 26.3 Å². The number of nitrogens with one attached hydrogen (secondary N) is 5. The summed E-state index contributed by atoms with van der Waals surface area (Å²) in [7, 11) is 3.39. The summed E-state index contributed by atoms with van der Waals surface area (Å²) in [5.74, 6) is -1.47. The van der Waals surface area contributed by atoms with E-state index in [-0.39, 0.29) is 47.5 Å². The number of amides is 4. The third-order valence-corrected chi connectivity index (χ3v) is 12.1. The summed E-state index contributed by atoms with van der Waals surface area (Å²) >= 11 is 0. The van der Waals surface area contributed by atoms with Gasteiger partial charge in [0.2, 0.25) is 23.6 Å². The van der Waals surface area contributed by atoms with Crippen LogP contribution in [0.15, 0.2) is 36.4 Å². The van der Waals surface area contributed by atoms with E-state index in [1.165, 1.54) is 24.3 Å². The van der Waals surface area contributed by atoms with Crippen LogP contribution in [0.1, 0.15) is 72.8 Å². The van der Waals surface area contributed by atoms with Crippen molar-refractivity contribution in [3.8, 4) is 11.5 Å². The van der Waals surface area contributed by atoms with Gasteiger partial charge >= 0.3 is 0 Å². The predicted octanol–water partition coefficient (Wildman–Crippen LogP) is 4.48. The Labute approximate surface area is 339 Å². The molecule has 58 heavy (non-hydrogen) atoms. The number of fused-ring (bicyclic) bond motifs is 2. The Hall–Kier alpha value is -4.89. The van der Waals surface area contributed by atoms with Crippen molar-refractivity contribution in [2.24, 2.45) is 11.8 Å². The van der Waals surface area contributed by atoms with Gasteiger partial charge in [0.05, 0.1) is 28.8 Å². The molecule has 2 fully saturated rings. The predicted molar refractivity (Wildman–Crippen MR) is 221 cm³/mol. The van der Waals surface area contributed by atoms with Crippen molar-refractivity contribution in [2.75, 3.05) is 27.2 Å². The highest BCUT2D eigenvalue weighted by atomic mass is 19.1. The van der Waals surface area contributed by atoms with Crippen LogP contribution < -0.4 is 21.3 Å². The second kappa shape index (κ2) is 17.9. The van der Waals surface area contributed by atoms with Crippen LogP contribution in [-0.4, -0.2) is 111 Å². The number of likely N-dealkylation sites (N-methyl/N-ethyl adjacent to an activating group) is 2. The number of imidazole rings is 1. The van der Waals surface area contributed by atoms with Crippen LogP contribution in [0.3, 0.4) is 0 Å². The molecule has 2 aliphatic rings. The number of halogens is 2. The number of aromatic amines is 1. The Morgan fingerprint density at radius 3 is 1.88 bits per heavy atom. The van der Waals surface area contributed by atoms with Gasteiger partial charge in [0.25, 0.3) is 0 Å². The lowest BCUT2D eigenvalue weighted by Crippen LogP contribution is -2.55. The molecule has 0 saturated carbocycles. The van der Waals surface area contributed by atoms with Crippen molar-refractivity contribution >= 4 is 45.6 Å². The van der Waals surface area contributed by atoms with E-state index in [1.807, 2.05) is 42.1 Å². The number of hydrogen-bond donors (Lipinski definition) is 5. The summed E-state index contributed by atoms with van der Waals surface area (Å²) < 4.78 is 31.6. The second-order valence-electron chi connectivity index (χ2n) is 16.7. The lowest BCUT2D eigenvalue weighted by Gasteiger charge is -2.32. The number of hydrogen-bond acceptors (Lipinski definition) is 7. The lowest BCUT2D eigenvalue weighted by atomic mass is 9.98. The fourth-order valence-electron chi connectivity index (χ4n) is 8.41. The third kappa shape index (κ3) is 8.75. The Kier molecular flexibility index (Phi) is 13.2. The van der Waals surface area contributed by atoms with Gasteiger partial charge in [-0.15, -0.1) is 0 Å². The SMILES string of the molecule is CNC(C)C(=O)NC(C(=O)N1CCCC1Cc1c(-c2nc3cc(F)ccc3n2CC2CCCN2C(=O)C(NC(=O)C(C)NC)C(C)C)[nH]c2cc(F)ccc12)C(C)C. The lowest BCUT2D eigenvalue weighted by molar-refractivity contribution is -0.139. The van der Waals surface area contributed by atoms with Crippen LogP contribution in [-0.2, 0) is 32.1 Å². The average Bonchev–Trinajstić information content (AvgIpc) is 4.00. The number of aromatic nitrogens is 3. The van der Waals surface area contributed by atoms with Crippen LogP contribution in [0.4, 0.5) is 8.78 Å². The fraction of sp³-hybridized carbons (Fsp3) is 0.558. The molecule has 4 aromatic rings. The van der Waals surface area contributed by atoms with Gasteiger partial charge in [0.15, 0.2) is 5.82 Å². The topological polar surface area (TPSA) is 156 Å². The molecule has 0 aliphatic carbocycles. The normalized spacial score (nSPS) is 19.3. The fourth-order valence-corrected chi connectivity index (χ4v) is 8.41. The summed E-state index contributed by atoms with van der Waals surface area (Å²) in [4.78, 5) is 66.5. The monoisotopic (exact) mass is 803 g/mol. The quantitative estimate of drug-likeness (QED) is 0.119. The molecule has 6 unspecified atom stereocenters. The van der Waals surface area contributed by atoms with Crippen molar-refractivity contribution in [1.82, 2.24) is 45.6 Å². The highest BCUT2D eigenvalue weighted by Gasteiger charge is 2.39. The van der Waals surface area contributed by atoms with E-state index in [1.54, 1.807) is 40.1 Å². The maximum Gasteiger partial charge on any atom is 0.245 e. The molecule has 0 radical (unpaired) electrons. The number of benzene rings is 2. The zero-order valence-electron chi connectivity index (χ0n) is 34.9. The highest BCUT2D eigenvalue weighted by Crippen LogP contribution is 2.37. The van der Waals surface area contributed by atoms with Gasteiger partial charge in [-0.05, 0) is 108 Å². The molecule has 2 aliphatic heterocycles. The van der Waals surface area contributed by atoms with Gasteiger partial charge in [-0.25, -0.2) is 13.8 Å². The molecule has 6 rings (SSSR count). The minimum Gasteiger partial charge on any atom is -0.352 e. The first-order valence-corrected chi connectivity index (χ1v) is 20.7. The van der Waals surface area contributed by atoms with Crippen LogP contribution in [0, 0.1) is 23.5 Å². The first-order chi connectivity index (χ1) is 27.6. The third-order valence-electron chi connectivity index (χ3n) is 12.1. The number of carbonyl (C=O) groups is 4. The largest absolute Gasteiger partial charge is 0.352 e. The molecule has 6 atom stereocenters. The van der Waals surface area contributed by atoms with Gasteiger partial charge < -0.3 is 40.6 Å². The van der Waals surface area contributed by atoms with Crippen LogP contribution in [0.2, 0.25) is 0 Å². The molecule has 4 amide bonds. The average molecular weight is 804 g/mol. The van der Waals surface area contributed by atoms with Crippen LogP contribution in [0.25, 0.3) is 33.5 Å².